The van der Waals surface area contributed by atoms with Crippen LogP contribution in [0.4, 0.5) is 0 Å². The maximum atomic E-state index is 5.49. The summed E-state index contributed by atoms with van der Waals surface area (Å²) in [4.78, 5) is 0. The SMILES string of the molecule is C1=C(CCC2OCCO2)CCC2(C1)CCCC2. The number of allylic oxidation sites excluding steroid dienone is 2. The van der Waals surface area contributed by atoms with E-state index in [0.29, 0.717) is 5.41 Å². The fraction of sp³-hybridized carbons (Fsp3) is 0.867. The average molecular weight is 236 g/mol. The monoisotopic (exact) mass is 236 g/mol. The number of hydrogen-bond acceptors (Lipinski definition) is 2. The highest BCUT2D eigenvalue weighted by Gasteiger charge is 2.34. The Kier molecular flexibility index (Phi) is 3.53. The molecule has 1 spiro atoms. The van der Waals surface area contributed by atoms with Crippen LogP contribution in [0.3, 0.4) is 0 Å². The summed E-state index contributed by atoms with van der Waals surface area (Å²) in [5, 5.41) is 0. The van der Waals surface area contributed by atoms with Crippen LogP contribution in [0, 0.1) is 5.41 Å². The normalized spacial score (nSPS) is 28.8. The minimum absolute atomic E-state index is 0.0817. The van der Waals surface area contributed by atoms with E-state index in [1.165, 1.54) is 51.4 Å². The first-order valence-electron chi connectivity index (χ1n) is 7.28. The summed E-state index contributed by atoms with van der Waals surface area (Å²) in [7, 11) is 0. The lowest BCUT2D eigenvalue weighted by Crippen LogP contribution is -2.19. The molecule has 2 aliphatic carbocycles. The van der Waals surface area contributed by atoms with Crippen molar-refractivity contribution in [2.75, 3.05) is 13.2 Å². The van der Waals surface area contributed by atoms with Crippen LogP contribution in [0.15, 0.2) is 11.6 Å². The van der Waals surface area contributed by atoms with Crippen LogP contribution in [-0.4, -0.2) is 19.5 Å². The van der Waals surface area contributed by atoms with E-state index in [2.05, 4.69) is 6.08 Å². The molecule has 1 saturated carbocycles. The molecule has 0 atom stereocenters. The molecule has 0 amide bonds. The molecule has 2 fully saturated rings. The van der Waals surface area contributed by atoms with Gasteiger partial charge >= 0.3 is 0 Å². The minimum Gasteiger partial charge on any atom is -0.350 e. The van der Waals surface area contributed by atoms with Crippen molar-refractivity contribution < 1.29 is 9.47 Å². The molecule has 1 heterocycles. The van der Waals surface area contributed by atoms with Crippen molar-refractivity contribution in [1.29, 1.82) is 0 Å². The van der Waals surface area contributed by atoms with Crippen molar-refractivity contribution in [3.63, 3.8) is 0 Å². The van der Waals surface area contributed by atoms with Crippen LogP contribution >= 0.6 is 0 Å². The van der Waals surface area contributed by atoms with Crippen molar-refractivity contribution in [3.05, 3.63) is 11.6 Å². The Bertz CT molecular complexity index is 283. The Hall–Kier alpha value is -0.340. The van der Waals surface area contributed by atoms with Gasteiger partial charge < -0.3 is 9.47 Å². The van der Waals surface area contributed by atoms with E-state index in [0.717, 1.165) is 19.6 Å². The number of ether oxygens (including phenoxy) is 2. The molecule has 0 aromatic carbocycles. The zero-order chi connectivity index (χ0) is 11.6. The third-order valence-corrected chi connectivity index (χ3v) is 4.86. The van der Waals surface area contributed by atoms with Crippen LogP contribution in [0.2, 0.25) is 0 Å². The molecule has 3 aliphatic rings. The molecule has 0 aromatic heterocycles. The minimum atomic E-state index is 0.0817. The van der Waals surface area contributed by atoms with E-state index in [1.807, 2.05) is 0 Å². The second kappa shape index (κ2) is 5.11. The smallest absolute Gasteiger partial charge is 0.158 e. The van der Waals surface area contributed by atoms with Gasteiger partial charge in [0.15, 0.2) is 6.29 Å². The first kappa shape index (κ1) is 11.7. The maximum Gasteiger partial charge on any atom is 0.158 e. The largest absolute Gasteiger partial charge is 0.350 e. The summed E-state index contributed by atoms with van der Waals surface area (Å²) < 4.78 is 11.0. The molecular weight excluding hydrogens is 212 g/mol. The summed E-state index contributed by atoms with van der Waals surface area (Å²) in [6.45, 7) is 1.57. The molecule has 0 unspecified atom stereocenters. The highest BCUT2D eigenvalue weighted by Crippen LogP contribution is 2.48. The van der Waals surface area contributed by atoms with E-state index in [-0.39, 0.29) is 6.29 Å². The second-order valence-electron chi connectivity index (χ2n) is 5.98. The number of rotatable bonds is 3. The lowest BCUT2D eigenvalue weighted by Gasteiger charge is -2.32. The second-order valence-corrected chi connectivity index (χ2v) is 5.98. The summed E-state index contributed by atoms with van der Waals surface area (Å²) >= 11 is 0. The van der Waals surface area contributed by atoms with Gasteiger partial charge in [-0.25, -0.2) is 0 Å². The first-order valence-corrected chi connectivity index (χ1v) is 7.28. The third kappa shape index (κ3) is 2.74. The van der Waals surface area contributed by atoms with Crippen molar-refractivity contribution in [2.45, 2.75) is 64.1 Å². The van der Waals surface area contributed by atoms with Gasteiger partial charge in [0.25, 0.3) is 0 Å². The molecule has 17 heavy (non-hydrogen) atoms. The van der Waals surface area contributed by atoms with Gasteiger partial charge in [-0.15, -0.1) is 0 Å². The molecule has 3 rings (SSSR count). The van der Waals surface area contributed by atoms with E-state index < -0.39 is 0 Å². The van der Waals surface area contributed by atoms with Gasteiger partial charge in [-0.1, -0.05) is 24.5 Å². The topological polar surface area (TPSA) is 18.5 Å². The summed E-state index contributed by atoms with van der Waals surface area (Å²) in [5.74, 6) is 0. The zero-order valence-corrected chi connectivity index (χ0v) is 10.7. The van der Waals surface area contributed by atoms with Gasteiger partial charge in [0.2, 0.25) is 0 Å². The molecule has 2 heteroatoms. The quantitative estimate of drug-likeness (QED) is 0.694. The standard InChI is InChI=1S/C15H24O2/c1-2-8-15(7-1)9-5-13(6-10-15)3-4-14-16-11-12-17-14/h5,14H,1-4,6-12H2. The van der Waals surface area contributed by atoms with Gasteiger partial charge in [-0.2, -0.15) is 0 Å². The maximum absolute atomic E-state index is 5.49. The first-order chi connectivity index (χ1) is 8.36. The Morgan fingerprint density at radius 3 is 2.53 bits per heavy atom. The summed E-state index contributed by atoms with van der Waals surface area (Å²) in [6.07, 6.45) is 14.8. The Labute approximate surface area is 104 Å². The lowest BCUT2D eigenvalue weighted by molar-refractivity contribution is -0.0464. The van der Waals surface area contributed by atoms with Gasteiger partial charge in [0, 0.05) is 6.42 Å². The highest BCUT2D eigenvalue weighted by atomic mass is 16.7. The van der Waals surface area contributed by atoms with E-state index in [1.54, 1.807) is 5.57 Å². The third-order valence-electron chi connectivity index (χ3n) is 4.86. The lowest BCUT2D eigenvalue weighted by atomic mass is 9.73. The van der Waals surface area contributed by atoms with E-state index in [9.17, 15) is 0 Å². The predicted octanol–water partition coefficient (Wildman–Crippen LogP) is 3.81. The van der Waals surface area contributed by atoms with E-state index >= 15 is 0 Å². The molecule has 2 nitrogen and oxygen atoms in total. The van der Waals surface area contributed by atoms with Crippen molar-refractivity contribution in [1.82, 2.24) is 0 Å². The Morgan fingerprint density at radius 1 is 1.12 bits per heavy atom. The molecule has 1 saturated heterocycles. The molecule has 96 valence electrons. The fourth-order valence-electron chi connectivity index (χ4n) is 3.67. The van der Waals surface area contributed by atoms with Crippen LogP contribution in [0.25, 0.3) is 0 Å². The highest BCUT2D eigenvalue weighted by molar-refractivity contribution is 5.10. The summed E-state index contributed by atoms with van der Waals surface area (Å²) in [5.41, 5.74) is 2.37. The van der Waals surface area contributed by atoms with Crippen LogP contribution in [0.1, 0.15) is 57.8 Å². The molecule has 1 aliphatic heterocycles. The molecule has 0 radical (unpaired) electrons. The summed E-state index contributed by atoms with van der Waals surface area (Å²) in [6, 6.07) is 0. The molecular formula is C15H24O2. The predicted molar refractivity (Wildman–Crippen MR) is 67.8 cm³/mol. The van der Waals surface area contributed by atoms with Gasteiger partial charge in [0.1, 0.15) is 0 Å². The van der Waals surface area contributed by atoms with Gasteiger partial charge in [-0.05, 0) is 43.9 Å². The molecule has 0 bridgehead atoms. The number of hydrogen-bond donors (Lipinski definition) is 0. The van der Waals surface area contributed by atoms with Crippen molar-refractivity contribution in [3.8, 4) is 0 Å². The van der Waals surface area contributed by atoms with Crippen LogP contribution in [-0.2, 0) is 9.47 Å². The fourth-order valence-corrected chi connectivity index (χ4v) is 3.67. The van der Waals surface area contributed by atoms with Crippen molar-refractivity contribution >= 4 is 0 Å². The van der Waals surface area contributed by atoms with Crippen LogP contribution < -0.4 is 0 Å². The van der Waals surface area contributed by atoms with Gasteiger partial charge in [0.05, 0.1) is 13.2 Å². The molecule has 0 aromatic rings. The van der Waals surface area contributed by atoms with Crippen molar-refractivity contribution in [2.24, 2.45) is 5.41 Å². The van der Waals surface area contributed by atoms with E-state index in [4.69, 9.17) is 9.47 Å². The van der Waals surface area contributed by atoms with Gasteiger partial charge in [-0.3, -0.25) is 0 Å². The average Bonchev–Trinajstić information content (AvgIpc) is 3.01. The Morgan fingerprint density at radius 2 is 1.88 bits per heavy atom. The zero-order valence-electron chi connectivity index (χ0n) is 10.7. The Balaban J connectivity index is 1.47. The molecule has 0 N–H and O–H groups in total. The van der Waals surface area contributed by atoms with Crippen LogP contribution in [0.5, 0.6) is 0 Å².